The minimum atomic E-state index is -3.62. The third-order valence-corrected chi connectivity index (χ3v) is 9.67. The van der Waals surface area contributed by atoms with Crippen molar-refractivity contribution in [1.82, 2.24) is 9.44 Å². The van der Waals surface area contributed by atoms with Gasteiger partial charge < -0.3 is 0 Å². The second-order valence-electron chi connectivity index (χ2n) is 5.60. The van der Waals surface area contributed by atoms with Crippen molar-refractivity contribution in [2.45, 2.75) is 46.2 Å². The molecule has 0 spiro atoms. The molecular weight excluding hydrogens is 388 g/mol. The fourth-order valence-corrected chi connectivity index (χ4v) is 7.40. The molecule has 1 aliphatic rings. The Morgan fingerprint density at radius 2 is 1.21 bits per heavy atom. The lowest BCUT2D eigenvalue weighted by Gasteiger charge is -2.32. The molecule has 1 saturated carbocycles. The van der Waals surface area contributed by atoms with Gasteiger partial charge in [0.1, 0.15) is 8.42 Å². The van der Waals surface area contributed by atoms with Crippen molar-refractivity contribution in [3.05, 3.63) is 35.0 Å². The molecule has 0 amide bonds. The van der Waals surface area contributed by atoms with Crippen molar-refractivity contribution in [2.75, 3.05) is 0 Å². The highest BCUT2D eigenvalue weighted by Crippen LogP contribution is 2.25. The molecule has 3 rings (SSSR count). The Morgan fingerprint density at radius 1 is 0.792 bits per heavy atom. The third kappa shape index (κ3) is 4.06. The Kier molecular flexibility index (Phi) is 5.42. The first-order valence-electron chi connectivity index (χ1n) is 7.50. The van der Waals surface area contributed by atoms with Gasteiger partial charge in [-0.3, -0.25) is 0 Å². The van der Waals surface area contributed by atoms with Gasteiger partial charge in [-0.1, -0.05) is 25.0 Å². The maximum absolute atomic E-state index is 12.4. The topological polar surface area (TPSA) is 92.3 Å². The number of hydrogen-bond acceptors (Lipinski definition) is 6. The van der Waals surface area contributed by atoms with Crippen LogP contribution >= 0.6 is 22.7 Å². The summed E-state index contributed by atoms with van der Waals surface area (Å²) in [6.07, 6.45) is 2.97. The van der Waals surface area contributed by atoms with Gasteiger partial charge in [-0.25, -0.2) is 26.3 Å². The monoisotopic (exact) mass is 406 g/mol. The van der Waals surface area contributed by atoms with E-state index in [1.165, 1.54) is 0 Å². The van der Waals surface area contributed by atoms with Crippen LogP contribution in [-0.2, 0) is 20.0 Å². The van der Waals surface area contributed by atoms with Gasteiger partial charge in [-0.15, -0.1) is 22.7 Å². The van der Waals surface area contributed by atoms with E-state index in [1.54, 1.807) is 35.0 Å². The van der Waals surface area contributed by atoms with Crippen LogP contribution in [0.1, 0.15) is 25.7 Å². The summed E-state index contributed by atoms with van der Waals surface area (Å²) < 4.78 is 55.5. The molecule has 2 aromatic rings. The normalized spacial score (nSPS) is 22.5. The molecule has 2 N–H and O–H groups in total. The lowest BCUT2D eigenvalue weighted by atomic mass is 9.92. The van der Waals surface area contributed by atoms with Gasteiger partial charge in [-0.05, 0) is 35.7 Å². The van der Waals surface area contributed by atoms with Crippen LogP contribution < -0.4 is 9.44 Å². The van der Waals surface area contributed by atoms with Crippen LogP contribution in [0.25, 0.3) is 0 Å². The van der Waals surface area contributed by atoms with E-state index in [0.29, 0.717) is 12.8 Å². The predicted molar refractivity (Wildman–Crippen MR) is 95.3 cm³/mol. The predicted octanol–water partition coefficient (Wildman–Crippen LogP) is 2.38. The highest BCUT2D eigenvalue weighted by Gasteiger charge is 2.33. The van der Waals surface area contributed by atoms with E-state index in [0.717, 1.165) is 35.5 Å². The summed E-state index contributed by atoms with van der Waals surface area (Å²) in [4.78, 5) is 0. The summed E-state index contributed by atoms with van der Waals surface area (Å²) in [7, 11) is -7.25. The average molecular weight is 407 g/mol. The van der Waals surface area contributed by atoms with Crippen LogP contribution in [-0.4, -0.2) is 28.9 Å². The van der Waals surface area contributed by atoms with Crippen LogP contribution in [0.15, 0.2) is 43.4 Å². The van der Waals surface area contributed by atoms with Gasteiger partial charge in [0.25, 0.3) is 0 Å². The Balaban J connectivity index is 1.77. The largest absolute Gasteiger partial charge is 0.250 e. The second kappa shape index (κ2) is 7.22. The molecule has 10 heteroatoms. The number of rotatable bonds is 6. The first-order chi connectivity index (χ1) is 11.4. The zero-order valence-electron chi connectivity index (χ0n) is 12.7. The maximum atomic E-state index is 12.4. The standard InChI is InChI=1S/C14H18N2O4S4/c17-23(18,13-7-3-9-21-13)15-11-5-1-2-6-12(11)16-24(19,20)14-8-4-10-22-14/h3-4,7-12,15-16H,1-2,5-6H2/t11-,12-/m1/s1. The molecule has 0 saturated heterocycles. The molecule has 132 valence electrons. The van der Waals surface area contributed by atoms with E-state index in [-0.39, 0.29) is 8.42 Å². The van der Waals surface area contributed by atoms with Crippen LogP contribution in [0.4, 0.5) is 0 Å². The highest BCUT2D eigenvalue weighted by atomic mass is 32.3. The van der Waals surface area contributed by atoms with Gasteiger partial charge in [0.15, 0.2) is 0 Å². The first-order valence-corrected chi connectivity index (χ1v) is 12.2. The summed E-state index contributed by atoms with van der Waals surface area (Å²) in [6, 6.07) is 5.55. The second-order valence-corrected chi connectivity index (χ2v) is 11.4. The first kappa shape index (κ1) is 18.0. The number of nitrogens with one attached hydrogen (secondary N) is 2. The molecule has 0 bridgehead atoms. The Morgan fingerprint density at radius 3 is 1.54 bits per heavy atom. The molecule has 2 aromatic heterocycles. The van der Waals surface area contributed by atoms with Gasteiger partial charge in [0.2, 0.25) is 20.0 Å². The number of hydrogen-bond donors (Lipinski definition) is 2. The van der Waals surface area contributed by atoms with Crippen molar-refractivity contribution in [3.8, 4) is 0 Å². The van der Waals surface area contributed by atoms with E-state index in [1.807, 2.05) is 0 Å². The van der Waals surface area contributed by atoms with Gasteiger partial charge in [0.05, 0.1) is 0 Å². The zero-order chi connectivity index (χ0) is 17.2. The van der Waals surface area contributed by atoms with E-state index < -0.39 is 32.1 Å². The van der Waals surface area contributed by atoms with E-state index in [9.17, 15) is 16.8 Å². The van der Waals surface area contributed by atoms with Crippen molar-refractivity contribution < 1.29 is 16.8 Å². The van der Waals surface area contributed by atoms with Crippen molar-refractivity contribution in [2.24, 2.45) is 0 Å². The quantitative estimate of drug-likeness (QED) is 0.770. The smallest absolute Gasteiger partial charge is 0.206 e. The summed E-state index contributed by atoms with van der Waals surface area (Å²) in [5.41, 5.74) is 0. The molecule has 6 nitrogen and oxygen atoms in total. The van der Waals surface area contributed by atoms with Crippen LogP contribution in [0.3, 0.4) is 0 Å². The minimum Gasteiger partial charge on any atom is -0.206 e. The van der Waals surface area contributed by atoms with Gasteiger partial charge >= 0.3 is 0 Å². The molecule has 24 heavy (non-hydrogen) atoms. The van der Waals surface area contributed by atoms with Crippen LogP contribution in [0.5, 0.6) is 0 Å². The lowest BCUT2D eigenvalue weighted by molar-refractivity contribution is 0.340. The van der Waals surface area contributed by atoms with Crippen molar-refractivity contribution in [3.63, 3.8) is 0 Å². The van der Waals surface area contributed by atoms with E-state index in [2.05, 4.69) is 9.44 Å². The van der Waals surface area contributed by atoms with Gasteiger partial charge in [-0.2, -0.15) is 0 Å². The molecular formula is C14H18N2O4S4. The highest BCUT2D eigenvalue weighted by molar-refractivity contribution is 7.92. The van der Waals surface area contributed by atoms with Crippen LogP contribution in [0, 0.1) is 0 Å². The maximum Gasteiger partial charge on any atom is 0.250 e. The fraction of sp³-hybridized carbons (Fsp3) is 0.429. The van der Waals surface area contributed by atoms with E-state index in [4.69, 9.17) is 0 Å². The number of thiophene rings is 2. The summed E-state index contributed by atoms with van der Waals surface area (Å²) in [5.74, 6) is 0. The number of sulfonamides is 2. The molecule has 2 atom stereocenters. The van der Waals surface area contributed by atoms with E-state index >= 15 is 0 Å². The minimum absolute atomic E-state index is 0.243. The molecule has 1 fully saturated rings. The summed E-state index contributed by atoms with van der Waals surface area (Å²) in [5, 5.41) is 3.40. The van der Waals surface area contributed by atoms with Crippen molar-refractivity contribution in [1.29, 1.82) is 0 Å². The van der Waals surface area contributed by atoms with Crippen LogP contribution in [0.2, 0.25) is 0 Å². The zero-order valence-corrected chi connectivity index (χ0v) is 16.0. The Labute approximate surface area is 150 Å². The molecule has 0 aliphatic heterocycles. The SMILES string of the molecule is O=S(=O)(N[C@@H]1CCCC[C@H]1NS(=O)(=O)c1cccs1)c1cccs1. The average Bonchev–Trinajstić information content (AvgIpc) is 3.23. The Hall–Kier alpha value is -0.780. The molecule has 0 aromatic carbocycles. The fourth-order valence-electron chi connectivity index (χ4n) is 2.76. The molecule has 1 aliphatic carbocycles. The lowest BCUT2D eigenvalue weighted by Crippen LogP contribution is -2.52. The summed E-state index contributed by atoms with van der Waals surface area (Å²) >= 11 is 2.29. The molecule has 0 radical (unpaired) electrons. The Bertz CT molecular complexity index is 784. The van der Waals surface area contributed by atoms with Crippen molar-refractivity contribution >= 4 is 42.7 Å². The third-order valence-electron chi connectivity index (χ3n) is 3.90. The molecule has 2 heterocycles. The molecule has 0 unspecified atom stereocenters. The van der Waals surface area contributed by atoms with Gasteiger partial charge in [0, 0.05) is 12.1 Å². The summed E-state index contributed by atoms with van der Waals surface area (Å²) in [6.45, 7) is 0.